The SMILES string of the molecule is Cc1ccc([N+](=O)[O-])c(OCC(=O)Nc2cc(Cl)c(Cl)cc2Cl)c1. The molecule has 0 fully saturated rings. The summed E-state index contributed by atoms with van der Waals surface area (Å²) in [5, 5.41) is 14.2. The number of carbonyl (C=O) groups is 1. The first-order valence-corrected chi connectivity index (χ1v) is 7.73. The number of nitrogens with zero attached hydrogens (tertiary/aromatic N) is 1. The predicted molar refractivity (Wildman–Crippen MR) is 93.4 cm³/mol. The molecule has 1 N–H and O–H groups in total. The van der Waals surface area contributed by atoms with Crippen molar-refractivity contribution in [2.24, 2.45) is 0 Å². The summed E-state index contributed by atoms with van der Waals surface area (Å²) in [5.41, 5.74) is 0.808. The lowest BCUT2D eigenvalue weighted by molar-refractivity contribution is -0.385. The highest BCUT2D eigenvalue weighted by atomic mass is 35.5. The largest absolute Gasteiger partial charge is 0.477 e. The minimum absolute atomic E-state index is 0.00962. The molecule has 0 aliphatic heterocycles. The van der Waals surface area contributed by atoms with Crippen molar-refractivity contribution in [2.75, 3.05) is 11.9 Å². The molecule has 9 heteroatoms. The molecular weight excluding hydrogens is 379 g/mol. The van der Waals surface area contributed by atoms with Crippen LogP contribution in [-0.2, 0) is 4.79 Å². The van der Waals surface area contributed by atoms with Crippen LogP contribution in [0, 0.1) is 17.0 Å². The van der Waals surface area contributed by atoms with Gasteiger partial charge < -0.3 is 10.1 Å². The number of carbonyl (C=O) groups excluding carboxylic acids is 1. The van der Waals surface area contributed by atoms with Crippen LogP contribution in [0.25, 0.3) is 0 Å². The Morgan fingerprint density at radius 3 is 2.50 bits per heavy atom. The molecule has 126 valence electrons. The van der Waals surface area contributed by atoms with Gasteiger partial charge in [-0.2, -0.15) is 0 Å². The van der Waals surface area contributed by atoms with Crippen LogP contribution in [0.15, 0.2) is 30.3 Å². The number of aryl methyl sites for hydroxylation is 1. The number of hydrogen-bond acceptors (Lipinski definition) is 4. The van der Waals surface area contributed by atoms with Crippen molar-refractivity contribution in [1.29, 1.82) is 0 Å². The van der Waals surface area contributed by atoms with Gasteiger partial charge in [-0.3, -0.25) is 14.9 Å². The molecule has 0 aromatic heterocycles. The van der Waals surface area contributed by atoms with Crippen LogP contribution in [0.2, 0.25) is 15.1 Å². The second kappa shape index (κ2) is 7.70. The molecule has 2 aromatic carbocycles. The highest BCUT2D eigenvalue weighted by Crippen LogP contribution is 2.32. The molecule has 0 aliphatic carbocycles. The molecule has 24 heavy (non-hydrogen) atoms. The van der Waals surface area contributed by atoms with E-state index in [2.05, 4.69) is 5.32 Å². The number of nitro groups is 1. The molecule has 0 radical (unpaired) electrons. The first-order valence-electron chi connectivity index (χ1n) is 6.60. The Balaban J connectivity index is 2.08. The van der Waals surface area contributed by atoms with E-state index in [1.807, 2.05) is 0 Å². The molecule has 0 spiro atoms. The molecule has 0 aliphatic rings. The third kappa shape index (κ3) is 4.50. The highest BCUT2D eigenvalue weighted by molar-refractivity contribution is 6.44. The first kappa shape index (κ1) is 18.3. The van der Waals surface area contributed by atoms with Crippen molar-refractivity contribution in [1.82, 2.24) is 0 Å². The van der Waals surface area contributed by atoms with Crippen LogP contribution in [-0.4, -0.2) is 17.4 Å². The Kier molecular flexibility index (Phi) is 5.88. The monoisotopic (exact) mass is 388 g/mol. The van der Waals surface area contributed by atoms with Crippen LogP contribution in [0.1, 0.15) is 5.56 Å². The maximum atomic E-state index is 12.0. The van der Waals surface area contributed by atoms with Gasteiger partial charge in [-0.25, -0.2) is 0 Å². The molecule has 0 heterocycles. The summed E-state index contributed by atoms with van der Waals surface area (Å²) in [5.74, 6) is -0.540. The molecule has 6 nitrogen and oxygen atoms in total. The second-order valence-corrected chi connectivity index (χ2v) is 6.03. The molecule has 0 unspecified atom stereocenters. The van der Waals surface area contributed by atoms with Gasteiger partial charge in [0.25, 0.3) is 5.91 Å². The molecule has 2 rings (SSSR count). The first-order chi connectivity index (χ1) is 11.3. The predicted octanol–water partition coefficient (Wildman–Crippen LogP) is 4.88. The number of ether oxygens (including phenoxy) is 1. The molecule has 0 atom stereocenters. The maximum absolute atomic E-state index is 12.0. The van der Waals surface area contributed by atoms with E-state index in [1.54, 1.807) is 13.0 Å². The lowest BCUT2D eigenvalue weighted by Gasteiger charge is -2.10. The van der Waals surface area contributed by atoms with Crippen molar-refractivity contribution >= 4 is 52.1 Å². The van der Waals surface area contributed by atoms with Crippen LogP contribution >= 0.6 is 34.8 Å². The summed E-state index contributed by atoms with van der Waals surface area (Å²) in [6, 6.07) is 7.18. The summed E-state index contributed by atoms with van der Waals surface area (Å²) >= 11 is 17.6. The zero-order valence-electron chi connectivity index (χ0n) is 12.3. The fourth-order valence-electron chi connectivity index (χ4n) is 1.84. The van der Waals surface area contributed by atoms with Gasteiger partial charge >= 0.3 is 5.69 Å². The number of amides is 1. The molecular formula is C15H11Cl3N2O4. The van der Waals surface area contributed by atoms with Crippen molar-refractivity contribution < 1.29 is 14.5 Å². The van der Waals surface area contributed by atoms with E-state index in [4.69, 9.17) is 39.5 Å². The Morgan fingerprint density at radius 2 is 1.83 bits per heavy atom. The average molecular weight is 390 g/mol. The minimum atomic E-state index is -0.581. The minimum Gasteiger partial charge on any atom is -0.477 e. The molecule has 2 aromatic rings. The fraction of sp³-hybridized carbons (Fsp3) is 0.133. The van der Waals surface area contributed by atoms with E-state index in [0.29, 0.717) is 0 Å². The van der Waals surface area contributed by atoms with Crippen molar-refractivity contribution in [3.8, 4) is 5.75 Å². The number of nitrogens with one attached hydrogen (secondary N) is 1. The maximum Gasteiger partial charge on any atom is 0.310 e. The number of halogens is 3. The average Bonchev–Trinajstić information content (AvgIpc) is 2.50. The van der Waals surface area contributed by atoms with Crippen molar-refractivity contribution in [3.63, 3.8) is 0 Å². The Bertz CT molecular complexity index is 812. The van der Waals surface area contributed by atoms with E-state index in [0.717, 1.165) is 5.56 Å². The Labute approximate surface area is 152 Å². The van der Waals surface area contributed by atoms with Gasteiger partial charge in [0, 0.05) is 6.07 Å². The lowest BCUT2D eigenvalue weighted by Crippen LogP contribution is -2.20. The Hall–Kier alpha value is -2.02. The topological polar surface area (TPSA) is 81.5 Å². The van der Waals surface area contributed by atoms with Gasteiger partial charge in [0.15, 0.2) is 12.4 Å². The van der Waals surface area contributed by atoms with Crippen LogP contribution in [0.4, 0.5) is 11.4 Å². The molecule has 0 saturated heterocycles. The third-order valence-electron chi connectivity index (χ3n) is 2.95. The summed E-state index contributed by atoms with van der Waals surface area (Å²) < 4.78 is 5.25. The quantitative estimate of drug-likeness (QED) is 0.449. The molecule has 0 bridgehead atoms. The molecule has 0 saturated carbocycles. The van der Waals surface area contributed by atoms with Crippen molar-refractivity contribution in [3.05, 3.63) is 61.1 Å². The van der Waals surface area contributed by atoms with E-state index in [-0.39, 0.29) is 32.2 Å². The highest BCUT2D eigenvalue weighted by Gasteiger charge is 2.17. The number of benzene rings is 2. The summed E-state index contributed by atoms with van der Waals surface area (Å²) in [4.78, 5) is 22.3. The van der Waals surface area contributed by atoms with E-state index < -0.39 is 17.4 Å². The number of rotatable bonds is 5. The van der Waals surface area contributed by atoms with E-state index in [9.17, 15) is 14.9 Å². The number of nitro benzene ring substituents is 1. The number of hydrogen-bond donors (Lipinski definition) is 1. The fourth-order valence-corrected chi connectivity index (χ4v) is 2.43. The third-order valence-corrected chi connectivity index (χ3v) is 3.99. The van der Waals surface area contributed by atoms with Gasteiger partial charge in [0.1, 0.15) is 0 Å². The summed E-state index contributed by atoms with van der Waals surface area (Å²) in [6.45, 7) is 1.33. The Morgan fingerprint density at radius 1 is 1.17 bits per heavy atom. The second-order valence-electron chi connectivity index (χ2n) is 4.81. The standard InChI is InChI=1S/C15H11Cl3N2O4/c1-8-2-3-13(20(22)23)14(4-8)24-7-15(21)19-12-6-10(17)9(16)5-11(12)18/h2-6H,7H2,1H3,(H,19,21). The van der Waals surface area contributed by atoms with Gasteiger partial charge in [-0.1, -0.05) is 40.9 Å². The van der Waals surface area contributed by atoms with Crippen LogP contribution in [0.3, 0.4) is 0 Å². The van der Waals surface area contributed by atoms with Crippen LogP contribution < -0.4 is 10.1 Å². The van der Waals surface area contributed by atoms with Gasteiger partial charge in [-0.15, -0.1) is 0 Å². The molecule has 1 amide bonds. The lowest BCUT2D eigenvalue weighted by atomic mass is 10.2. The van der Waals surface area contributed by atoms with Crippen molar-refractivity contribution in [2.45, 2.75) is 6.92 Å². The summed E-state index contributed by atoms with van der Waals surface area (Å²) in [6.07, 6.45) is 0. The van der Waals surface area contributed by atoms with E-state index in [1.165, 1.54) is 24.3 Å². The zero-order chi connectivity index (χ0) is 17.9. The van der Waals surface area contributed by atoms with Gasteiger partial charge in [0.05, 0.1) is 25.7 Å². The zero-order valence-corrected chi connectivity index (χ0v) is 14.6. The smallest absolute Gasteiger partial charge is 0.310 e. The van der Waals surface area contributed by atoms with Gasteiger partial charge in [-0.05, 0) is 30.7 Å². The number of anilines is 1. The normalized spacial score (nSPS) is 10.3. The van der Waals surface area contributed by atoms with E-state index >= 15 is 0 Å². The summed E-state index contributed by atoms with van der Waals surface area (Å²) in [7, 11) is 0. The van der Waals surface area contributed by atoms with Gasteiger partial charge in [0.2, 0.25) is 0 Å². The van der Waals surface area contributed by atoms with Crippen LogP contribution in [0.5, 0.6) is 5.75 Å².